The Balaban J connectivity index is 2.10. The van der Waals surface area contributed by atoms with Gasteiger partial charge in [-0.3, -0.25) is 9.59 Å². The van der Waals surface area contributed by atoms with Crippen molar-refractivity contribution >= 4 is 11.8 Å². The molecule has 3 N–H and O–H groups in total. The molecule has 0 radical (unpaired) electrons. The number of amides is 2. The number of nitrogens with two attached hydrogens (primary N) is 1. The smallest absolute Gasteiger partial charge is 0.243 e. The van der Waals surface area contributed by atoms with E-state index in [0.717, 1.165) is 32.1 Å². The molecule has 16 heavy (non-hydrogen) atoms. The summed E-state index contributed by atoms with van der Waals surface area (Å²) in [4.78, 5) is 25.5. The second kappa shape index (κ2) is 4.05. The van der Waals surface area contributed by atoms with Crippen molar-refractivity contribution < 1.29 is 9.59 Å². The predicted molar refractivity (Wildman–Crippen MR) is 59.6 cm³/mol. The minimum atomic E-state index is -0.663. The molecule has 2 aliphatic rings. The molecule has 1 unspecified atom stereocenters. The molecule has 90 valence electrons. The summed E-state index contributed by atoms with van der Waals surface area (Å²) in [7, 11) is 1.61. The van der Waals surface area contributed by atoms with E-state index in [1.165, 1.54) is 0 Å². The van der Waals surface area contributed by atoms with Crippen LogP contribution in [0.15, 0.2) is 0 Å². The maximum absolute atomic E-state index is 12.1. The van der Waals surface area contributed by atoms with Gasteiger partial charge < -0.3 is 16.0 Å². The highest BCUT2D eigenvalue weighted by molar-refractivity contribution is 5.93. The zero-order chi connectivity index (χ0) is 11.8. The summed E-state index contributed by atoms with van der Waals surface area (Å²) in [6, 6.07) is -0.313. The Morgan fingerprint density at radius 2 is 2.06 bits per heavy atom. The summed E-state index contributed by atoms with van der Waals surface area (Å²) in [5.41, 5.74) is 5.24. The van der Waals surface area contributed by atoms with Gasteiger partial charge in [0.1, 0.15) is 6.04 Å². The van der Waals surface area contributed by atoms with Crippen LogP contribution in [0, 0.1) is 0 Å². The van der Waals surface area contributed by atoms with Crippen molar-refractivity contribution in [2.24, 2.45) is 5.73 Å². The van der Waals surface area contributed by atoms with Crippen molar-refractivity contribution in [3.63, 3.8) is 0 Å². The third-order valence-electron chi connectivity index (χ3n) is 3.53. The van der Waals surface area contributed by atoms with Crippen LogP contribution in [-0.2, 0) is 9.59 Å². The molecule has 1 aliphatic carbocycles. The van der Waals surface area contributed by atoms with Crippen molar-refractivity contribution in [2.75, 3.05) is 13.6 Å². The van der Waals surface area contributed by atoms with E-state index in [2.05, 4.69) is 5.32 Å². The van der Waals surface area contributed by atoms with E-state index >= 15 is 0 Å². The molecule has 0 aromatic carbocycles. The van der Waals surface area contributed by atoms with Crippen LogP contribution in [0.3, 0.4) is 0 Å². The fourth-order valence-corrected chi connectivity index (χ4v) is 2.25. The van der Waals surface area contributed by atoms with E-state index in [-0.39, 0.29) is 17.9 Å². The Hall–Kier alpha value is -1.10. The number of hydrogen-bond donors (Lipinski definition) is 2. The predicted octanol–water partition coefficient (Wildman–Crippen LogP) is -0.395. The summed E-state index contributed by atoms with van der Waals surface area (Å²) in [6.07, 6.45) is 4.22. The highest BCUT2D eigenvalue weighted by Gasteiger charge is 2.50. The number of carbonyl (C=O) groups is 2. The van der Waals surface area contributed by atoms with Gasteiger partial charge >= 0.3 is 0 Å². The Morgan fingerprint density at radius 3 is 2.62 bits per heavy atom. The number of piperidine rings is 1. The van der Waals surface area contributed by atoms with Crippen LogP contribution in [-0.4, -0.2) is 41.9 Å². The Morgan fingerprint density at radius 1 is 1.38 bits per heavy atom. The van der Waals surface area contributed by atoms with E-state index in [1.54, 1.807) is 11.9 Å². The first-order valence-electron chi connectivity index (χ1n) is 5.90. The maximum Gasteiger partial charge on any atom is 0.243 e. The number of hydrogen-bond acceptors (Lipinski definition) is 3. The third kappa shape index (κ3) is 1.91. The summed E-state index contributed by atoms with van der Waals surface area (Å²) in [6.45, 7) is 0.663. The maximum atomic E-state index is 12.1. The second-order valence-electron chi connectivity index (χ2n) is 4.78. The van der Waals surface area contributed by atoms with E-state index in [1.807, 2.05) is 0 Å². The lowest BCUT2D eigenvalue weighted by Gasteiger charge is -2.36. The largest absolute Gasteiger partial charge is 0.357 e. The molecule has 1 aliphatic heterocycles. The monoisotopic (exact) mass is 225 g/mol. The van der Waals surface area contributed by atoms with Gasteiger partial charge in [-0.1, -0.05) is 0 Å². The van der Waals surface area contributed by atoms with Gasteiger partial charge in [-0.2, -0.15) is 0 Å². The quantitative estimate of drug-likeness (QED) is 0.671. The zero-order valence-electron chi connectivity index (χ0n) is 9.66. The van der Waals surface area contributed by atoms with Crippen LogP contribution >= 0.6 is 0 Å². The molecule has 2 amide bonds. The minimum absolute atomic E-state index is 0.0409. The lowest BCUT2D eigenvalue weighted by molar-refractivity contribution is -0.143. The highest BCUT2D eigenvalue weighted by atomic mass is 16.2. The number of likely N-dealkylation sites (N-methyl/N-ethyl adjacent to an activating group) is 1. The third-order valence-corrected chi connectivity index (χ3v) is 3.53. The Bertz CT molecular complexity index is 312. The Kier molecular flexibility index (Phi) is 2.88. The molecule has 2 rings (SSSR count). The number of nitrogens with zero attached hydrogens (tertiary/aromatic N) is 1. The van der Waals surface area contributed by atoms with Crippen LogP contribution in [0.2, 0.25) is 0 Å². The van der Waals surface area contributed by atoms with Crippen molar-refractivity contribution in [1.29, 1.82) is 0 Å². The number of carbonyl (C=O) groups excluding carboxylic acids is 2. The summed E-state index contributed by atoms with van der Waals surface area (Å²) >= 11 is 0. The zero-order valence-corrected chi connectivity index (χ0v) is 9.66. The minimum Gasteiger partial charge on any atom is -0.357 e. The SMILES string of the molecule is CNC(=O)C1CCCCN1C(=O)C1(N)CC1. The molecule has 0 aromatic rings. The number of rotatable bonds is 2. The van der Waals surface area contributed by atoms with Gasteiger partial charge in [0, 0.05) is 13.6 Å². The second-order valence-corrected chi connectivity index (χ2v) is 4.78. The highest BCUT2D eigenvalue weighted by Crippen LogP contribution is 2.35. The van der Waals surface area contributed by atoms with E-state index in [0.29, 0.717) is 6.54 Å². The molecule has 5 nitrogen and oxygen atoms in total. The first-order valence-corrected chi connectivity index (χ1v) is 5.90. The van der Waals surface area contributed by atoms with E-state index < -0.39 is 5.54 Å². The number of nitrogens with one attached hydrogen (secondary N) is 1. The molecule has 1 atom stereocenters. The topological polar surface area (TPSA) is 75.4 Å². The lowest BCUT2D eigenvalue weighted by atomic mass is 10.00. The molecule has 0 aromatic heterocycles. The fraction of sp³-hybridized carbons (Fsp3) is 0.818. The average molecular weight is 225 g/mol. The summed E-state index contributed by atoms with van der Waals surface area (Å²) in [5.74, 6) is -0.113. The molecule has 5 heteroatoms. The molecular weight excluding hydrogens is 206 g/mol. The van der Waals surface area contributed by atoms with Gasteiger partial charge in [0.05, 0.1) is 5.54 Å². The van der Waals surface area contributed by atoms with Crippen molar-refractivity contribution in [3.8, 4) is 0 Å². The molecule has 0 bridgehead atoms. The molecular formula is C11H19N3O2. The van der Waals surface area contributed by atoms with Crippen molar-refractivity contribution in [2.45, 2.75) is 43.7 Å². The van der Waals surface area contributed by atoms with Gasteiger partial charge in [0.15, 0.2) is 0 Å². The first-order chi connectivity index (χ1) is 7.58. The van der Waals surface area contributed by atoms with Crippen LogP contribution < -0.4 is 11.1 Å². The molecule has 2 fully saturated rings. The standard InChI is InChI=1S/C11H19N3O2/c1-13-9(15)8-4-2-3-7-14(8)10(16)11(12)5-6-11/h8H,2-7,12H2,1H3,(H,13,15). The fourth-order valence-electron chi connectivity index (χ4n) is 2.25. The van der Waals surface area contributed by atoms with E-state index in [4.69, 9.17) is 5.73 Å². The van der Waals surface area contributed by atoms with Crippen LogP contribution in [0.1, 0.15) is 32.1 Å². The first kappa shape index (κ1) is 11.4. The van der Waals surface area contributed by atoms with Gasteiger partial charge in [-0.15, -0.1) is 0 Å². The van der Waals surface area contributed by atoms with Crippen molar-refractivity contribution in [1.82, 2.24) is 10.2 Å². The van der Waals surface area contributed by atoms with Crippen LogP contribution in [0.5, 0.6) is 0 Å². The molecule has 0 spiro atoms. The van der Waals surface area contributed by atoms with Crippen LogP contribution in [0.25, 0.3) is 0 Å². The van der Waals surface area contributed by atoms with Gasteiger partial charge in [0.2, 0.25) is 11.8 Å². The summed E-state index contributed by atoms with van der Waals surface area (Å²) in [5, 5.41) is 2.62. The summed E-state index contributed by atoms with van der Waals surface area (Å²) < 4.78 is 0. The Labute approximate surface area is 95.3 Å². The van der Waals surface area contributed by atoms with Gasteiger partial charge in [-0.05, 0) is 32.1 Å². The lowest BCUT2D eigenvalue weighted by Crippen LogP contribution is -2.56. The van der Waals surface area contributed by atoms with Crippen LogP contribution in [0.4, 0.5) is 0 Å². The normalized spacial score (nSPS) is 27.4. The van der Waals surface area contributed by atoms with Gasteiger partial charge in [0.25, 0.3) is 0 Å². The molecule has 1 saturated carbocycles. The van der Waals surface area contributed by atoms with Gasteiger partial charge in [-0.25, -0.2) is 0 Å². The van der Waals surface area contributed by atoms with Crippen molar-refractivity contribution in [3.05, 3.63) is 0 Å². The average Bonchev–Trinajstić information content (AvgIpc) is 3.06. The van der Waals surface area contributed by atoms with E-state index in [9.17, 15) is 9.59 Å². The number of likely N-dealkylation sites (tertiary alicyclic amines) is 1. The molecule has 1 heterocycles. The molecule has 1 saturated heterocycles.